The summed E-state index contributed by atoms with van der Waals surface area (Å²) in [6.07, 6.45) is 0. The third-order valence-corrected chi connectivity index (χ3v) is 7.69. The third-order valence-electron chi connectivity index (χ3n) is 7.69. The number of esters is 1. The number of amides is 2. The molecule has 2 fully saturated rings. The number of rotatable bonds is 8. The van der Waals surface area contributed by atoms with Crippen LogP contribution in [0.15, 0.2) is 72.8 Å². The molecule has 2 amide bonds. The summed E-state index contributed by atoms with van der Waals surface area (Å²) in [6, 6.07) is 19.2. The van der Waals surface area contributed by atoms with E-state index in [1.165, 1.54) is 33.5 Å². The van der Waals surface area contributed by atoms with E-state index in [9.17, 15) is 24.3 Å². The van der Waals surface area contributed by atoms with Gasteiger partial charge in [-0.1, -0.05) is 60.7 Å². The van der Waals surface area contributed by atoms with Crippen molar-refractivity contribution >= 4 is 23.8 Å². The minimum absolute atomic E-state index is 0.00180. The van der Waals surface area contributed by atoms with Crippen LogP contribution in [-0.4, -0.2) is 55.1 Å². The number of carbonyl (C=O) groups excluding carboxylic acids is 3. The molecular weight excluding hydrogens is 516 g/mol. The Balaban J connectivity index is 1.75. The number of hydrogen-bond donors (Lipinski definition) is 2. The number of imide groups is 1. The van der Waals surface area contributed by atoms with Crippen LogP contribution in [0, 0.1) is 11.8 Å². The number of fused-ring (bicyclic) bond motifs is 1. The Labute approximate surface area is 230 Å². The van der Waals surface area contributed by atoms with E-state index >= 15 is 0 Å². The van der Waals surface area contributed by atoms with Gasteiger partial charge in [0, 0.05) is 12.1 Å². The number of nitrogens with one attached hydrogen (secondary N) is 1. The number of benzene rings is 3. The molecule has 2 N–H and O–H groups in total. The first-order valence-corrected chi connectivity index (χ1v) is 12.6. The van der Waals surface area contributed by atoms with Gasteiger partial charge in [0.1, 0.15) is 17.1 Å². The summed E-state index contributed by atoms with van der Waals surface area (Å²) in [7, 11) is 4.00. The van der Waals surface area contributed by atoms with Crippen molar-refractivity contribution in [3.05, 3.63) is 95.1 Å². The van der Waals surface area contributed by atoms with Crippen LogP contribution >= 0.6 is 0 Å². The van der Waals surface area contributed by atoms with Crippen molar-refractivity contribution in [2.75, 3.05) is 21.3 Å². The molecule has 3 aromatic rings. The van der Waals surface area contributed by atoms with E-state index in [1.54, 1.807) is 54.6 Å². The summed E-state index contributed by atoms with van der Waals surface area (Å²) in [5.41, 5.74) is -0.735. The highest BCUT2D eigenvalue weighted by atomic mass is 16.5. The fourth-order valence-corrected chi connectivity index (χ4v) is 5.90. The van der Waals surface area contributed by atoms with E-state index in [-0.39, 0.29) is 23.4 Å². The van der Waals surface area contributed by atoms with Gasteiger partial charge in [-0.05, 0) is 22.8 Å². The number of ether oxygens (including phenoxy) is 3. The second-order valence-corrected chi connectivity index (χ2v) is 9.64. The lowest BCUT2D eigenvalue weighted by Crippen LogP contribution is -2.53. The fourth-order valence-electron chi connectivity index (χ4n) is 5.90. The monoisotopic (exact) mass is 544 g/mol. The summed E-state index contributed by atoms with van der Waals surface area (Å²) in [5, 5.41) is 13.9. The van der Waals surface area contributed by atoms with E-state index in [0.29, 0.717) is 16.9 Å². The SMILES string of the molecule is COC(=O)c1c(OC)cc(OC)cc1C1NC(C(=O)O)(c2ccccc2)C2C(=O)N(Cc3ccccc3)C(=O)C12. The van der Waals surface area contributed by atoms with E-state index in [4.69, 9.17) is 14.2 Å². The minimum atomic E-state index is -1.97. The van der Waals surface area contributed by atoms with Crippen molar-refractivity contribution in [3.8, 4) is 11.5 Å². The van der Waals surface area contributed by atoms with Gasteiger partial charge in [-0.2, -0.15) is 0 Å². The fraction of sp³-hybridized carbons (Fsp3) is 0.267. The van der Waals surface area contributed by atoms with Crippen LogP contribution in [0.2, 0.25) is 0 Å². The first kappa shape index (κ1) is 26.9. The number of nitrogens with zero attached hydrogens (tertiary/aromatic N) is 1. The van der Waals surface area contributed by atoms with Crippen molar-refractivity contribution in [1.29, 1.82) is 0 Å². The number of likely N-dealkylation sites (tertiary alicyclic amines) is 1. The molecule has 2 heterocycles. The average Bonchev–Trinajstić information content (AvgIpc) is 3.47. The molecule has 0 spiro atoms. The molecule has 2 aliphatic rings. The van der Waals surface area contributed by atoms with E-state index < -0.39 is 47.2 Å². The average molecular weight is 545 g/mol. The topological polar surface area (TPSA) is 131 Å². The van der Waals surface area contributed by atoms with Gasteiger partial charge < -0.3 is 19.3 Å². The maximum absolute atomic E-state index is 14.1. The first-order chi connectivity index (χ1) is 19.3. The zero-order valence-corrected chi connectivity index (χ0v) is 22.1. The Hall–Kier alpha value is -4.70. The highest BCUT2D eigenvalue weighted by Gasteiger charge is 2.69. The van der Waals surface area contributed by atoms with Gasteiger partial charge in [-0.15, -0.1) is 0 Å². The van der Waals surface area contributed by atoms with Crippen molar-refractivity contribution in [2.45, 2.75) is 18.1 Å². The summed E-state index contributed by atoms with van der Waals surface area (Å²) in [4.78, 5) is 55.5. The van der Waals surface area contributed by atoms with Crippen LogP contribution in [0.25, 0.3) is 0 Å². The van der Waals surface area contributed by atoms with Gasteiger partial charge in [0.2, 0.25) is 11.8 Å². The van der Waals surface area contributed by atoms with Crippen molar-refractivity contribution in [1.82, 2.24) is 10.2 Å². The molecule has 0 aromatic heterocycles. The summed E-state index contributed by atoms with van der Waals surface area (Å²) in [5.74, 6) is -5.29. The van der Waals surface area contributed by atoms with Crippen molar-refractivity contribution in [3.63, 3.8) is 0 Å². The molecule has 0 radical (unpaired) electrons. The van der Waals surface area contributed by atoms with Gasteiger partial charge in [0.25, 0.3) is 0 Å². The molecule has 0 saturated carbocycles. The Morgan fingerprint density at radius 3 is 2.15 bits per heavy atom. The Morgan fingerprint density at radius 1 is 0.925 bits per heavy atom. The minimum Gasteiger partial charge on any atom is -0.497 e. The summed E-state index contributed by atoms with van der Waals surface area (Å²) in [6.45, 7) is -0.0198. The quantitative estimate of drug-likeness (QED) is 0.325. The standard InChI is InChI=1S/C30H28N2O8/c1-38-19-14-20(22(28(35)40-3)21(15-19)39-2)25-23-24(30(31-25,29(36)37)18-12-8-5-9-13-18)27(34)32(26(23)33)16-17-10-6-4-7-11-17/h4-15,23-25,31H,16H2,1-3H3,(H,36,37). The molecule has 206 valence electrons. The molecular formula is C30H28N2O8. The van der Waals surface area contributed by atoms with Crippen LogP contribution < -0.4 is 14.8 Å². The van der Waals surface area contributed by atoms with Crippen LogP contribution in [0.3, 0.4) is 0 Å². The molecule has 10 nitrogen and oxygen atoms in total. The first-order valence-electron chi connectivity index (χ1n) is 12.6. The zero-order chi connectivity index (χ0) is 28.6. The number of hydrogen-bond acceptors (Lipinski definition) is 8. The van der Waals surface area contributed by atoms with Crippen LogP contribution in [0.5, 0.6) is 11.5 Å². The van der Waals surface area contributed by atoms with Gasteiger partial charge in [0.15, 0.2) is 5.54 Å². The maximum Gasteiger partial charge on any atom is 0.341 e. The molecule has 2 saturated heterocycles. The highest BCUT2D eigenvalue weighted by molar-refractivity contribution is 6.10. The van der Waals surface area contributed by atoms with E-state index in [0.717, 1.165) is 4.90 Å². The Morgan fingerprint density at radius 2 is 1.57 bits per heavy atom. The zero-order valence-electron chi connectivity index (χ0n) is 22.1. The van der Waals surface area contributed by atoms with Gasteiger partial charge in [0.05, 0.1) is 39.7 Å². The second-order valence-electron chi connectivity index (χ2n) is 9.64. The molecule has 0 bridgehead atoms. The van der Waals surface area contributed by atoms with Crippen molar-refractivity contribution < 1.29 is 38.5 Å². The lowest BCUT2D eigenvalue weighted by atomic mass is 9.75. The summed E-state index contributed by atoms with van der Waals surface area (Å²) >= 11 is 0. The lowest BCUT2D eigenvalue weighted by Gasteiger charge is -2.32. The smallest absolute Gasteiger partial charge is 0.341 e. The number of carbonyl (C=O) groups is 4. The largest absolute Gasteiger partial charge is 0.497 e. The van der Waals surface area contributed by atoms with E-state index in [2.05, 4.69) is 5.32 Å². The Kier molecular flexibility index (Phi) is 7.03. The number of methoxy groups -OCH3 is 3. The highest BCUT2D eigenvalue weighted by Crippen LogP contribution is 2.54. The Bertz CT molecular complexity index is 1480. The van der Waals surface area contributed by atoms with Crippen LogP contribution in [-0.2, 0) is 31.2 Å². The van der Waals surface area contributed by atoms with Gasteiger partial charge in [-0.25, -0.2) is 9.59 Å². The molecule has 2 aliphatic heterocycles. The van der Waals surface area contributed by atoms with E-state index in [1.807, 2.05) is 6.07 Å². The molecule has 10 heteroatoms. The molecule has 5 rings (SSSR count). The predicted octanol–water partition coefficient (Wildman–Crippen LogP) is 2.92. The number of carboxylic acids is 1. The molecule has 0 aliphatic carbocycles. The summed E-state index contributed by atoms with van der Waals surface area (Å²) < 4.78 is 15.9. The predicted molar refractivity (Wildman–Crippen MR) is 141 cm³/mol. The second kappa shape index (κ2) is 10.5. The maximum atomic E-state index is 14.1. The van der Waals surface area contributed by atoms with Crippen LogP contribution in [0.4, 0.5) is 0 Å². The molecule has 4 unspecified atom stereocenters. The molecule has 4 atom stereocenters. The lowest BCUT2D eigenvalue weighted by molar-refractivity contribution is -0.152. The number of carboxylic acid groups (broad SMARTS) is 1. The molecule has 3 aromatic carbocycles. The van der Waals surface area contributed by atoms with Gasteiger partial charge in [-0.3, -0.25) is 19.8 Å². The normalized spacial score (nSPS) is 23.6. The van der Waals surface area contributed by atoms with Crippen LogP contribution in [0.1, 0.15) is 33.1 Å². The van der Waals surface area contributed by atoms with Crippen molar-refractivity contribution in [2.24, 2.45) is 11.8 Å². The third kappa shape index (κ3) is 4.08. The van der Waals surface area contributed by atoms with Gasteiger partial charge >= 0.3 is 11.9 Å². The molecule has 40 heavy (non-hydrogen) atoms. The number of aliphatic carboxylic acids is 1.